The van der Waals surface area contributed by atoms with Gasteiger partial charge in [0.05, 0.1) is 32.0 Å². The van der Waals surface area contributed by atoms with Crippen molar-refractivity contribution in [2.75, 3.05) is 19.8 Å². The lowest BCUT2D eigenvalue weighted by Gasteiger charge is -2.46. The second-order valence-electron chi connectivity index (χ2n) is 20.7. The van der Waals surface area contributed by atoms with Crippen molar-refractivity contribution >= 4 is 5.91 Å². The van der Waals surface area contributed by atoms with Crippen molar-refractivity contribution in [1.29, 1.82) is 0 Å². The second kappa shape index (κ2) is 49.7. The van der Waals surface area contributed by atoms with E-state index in [1.807, 2.05) is 6.08 Å². The summed E-state index contributed by atoms with van der Waals surface area (Å²) >= 11 is 0. The zero-order valence-electron chi connectivity index (χ0n) is 48.8. The van der Waals surface area contributed by atoms with Gasteiger partial charge in [-0.05, 0) is 103 Å². The molecule has 0 aromatic rings. The van der Waals surface area contributed by atoms with Crippen molar-refractivity contribution in [2.45, 2.75) is 254 Å². The molecular formula is C66H107NO13. The molecule has 0 radical (unpaired) electrons. The Hall–Kier alpha value is -3.87. The monoisotopic (exact) mass is 1120 g/mol. The van der Waals surface area contributed by atoms with Crippen molar-refractivity contribution in [3.05, 3.63) is 134 Å². The number of carbonyl (C=O) groups is 1. The summed E-state index contributed by atoms with van der Waals surface area (Å²) in [4.78, 5) is 13.2. The number of hydrogen-bond acceptors (Lipinski definition) is 13. The number of carbonyl (C=O) groups excluding carboxylic acids is 1. The highest BCUT2D eigenvalue weighted by Crippen LogP contribution is 2.30. The van der Waals surface area contributed by atoms with E-state index in [0.29, 0.717) is 12.8 Å². The first-order valence-electron chi connectivity index (χ1n) is 30.4. The van der Waals surface area contributed by atoms with Gasteiger partial charge in [-0.15, -0.1) is 0 Å². The van der Waals surface area contributed by atoms with E-state index in [4.69, 9.17) is 18.9 Å². The van der Waals surface area contributed by atoms with Crippen LogP contribution >= 0.6 is 0 Å². The number of rotatable bonds is 46. The van der Waals surface area contributed by atoms with Crippen molar-refractivity contribution in [3.63, 3.8) is 0 Å². The zero-order chi connectivity index (χ0) is 58.1. The zero-order valence-corrected chi connectivity index (χ0v) is 48.8. The Morgan fingerprint density at radius 2 is 0.875 bits per heavy atom. The topological polar surface area (TPSA) is 228 Å². The first kappa shape index (κ1) is 72.2. The lowest BCUT2D eigenvalue weighted by Crippen LogP contribution is -2.65. The molecule has 14 heteroatoms. The number of hydrogen-bond donors (Lipinski definition) is 9. The molecule has 2 saturated heterocycles. The largest absolute Gasteiger partial charge is 0.394 e. The van der Waals surface area contributed by atoms with E-state index in [-0.39, 0.29) is 18.9 Å². The van der Waals surface area contributed by atoms with Gasteiger partial charge in [0.15, 0.2) is 12.6 Å². The average Bonchev–Trinajstić information content (AvgIpc) is 3.46. The molecule has 80 heavy (non-hydrogen) atoms. The number of ether oxygens (including phenoxy) is 4. The molecule has 0 saturated carbocycles. The number of aliphatic hydroxyl groups is 8. The van der Waals surface area contributed by atoms with Crippen LogP contribution in [0.3, 0.4) is 0 Å². The van der Waals surface area contributed by atoms with Gasteiger partial charge < -0.3 is 65.1 Å². The van der Waals surface area contributed by atoms with Crippen LogP contribution in [0.4, 0.5) is 0 Å². The molecule has 2 fully saturated rings. The summed E-state index contributed by atoms with van der Waals surface area (Å²) in [5.41, 5.74) is 0. The van der Waals surface area contributed by atoms with Crippen LogP contribution in [-0.2, 0) is 23.7 Å². The van der Waals surface area contributed by atoms with Gasteiger partial charge in [0.2, 0.25) is 5.91 Å². The Morgan fingerprint density at radius 1 is 0.463 bits per heavy atom. The van der Waals surface area contributed by atoms with Gasteiger partial charge in [-0.1, -0.05) is 205 Å². The fraction of sp³-hybridized carbons (Fsp3) is 0.652. The number of aliphatic hydroxyl groups excluding tert-OH is 8. The highest BCUT2D eigenvalue weighted by Gasteiger charge is 2.51. The maximum Gasteiger partial charge on any atom is 0.220 e. The molecule has 0 aromatic carbocycles. The van der Waals surface area contributed by atoms with E-state index < -0.39 is 86.8 Å². The number of amides is 1. The molecule has 9 N–H and O–H groups in total. The van der Waals surface area contributed by atoms with Crippen molar-refractivity contribution in [2.24, 2.45) is 0 Å². The molecule has 1 amide bonds. The van der Waals surface area contributed by atoms with E-state index in [9.17, 15) is 45.6 Å². The van der Waals surface area contributed by atoms with Crippen LogP contribution in [0.15, 0.2) is 134 Å². The summed E-state index contributed by atoms with van der Waals surface area (Å²) in [7, 11) is 0. The molecule has 14 nitrogen and oxygen atoms in total. The minimum atomic E-state index is -1.80. The van der Waals surface area contributed by atoms with Crippen LogP contribution in [0, 0.1) is 0 Å². The van der Waals surface area contributed by atoms with E-state index in [2.05, 4.69) is 141 Å². The van der Waals surface area contributed by atoms with E-state index in [1.165, 1.54) is 32.1 Å². The molecule has 0 bridgehead atoms. The fourth-order valence-electron chi connectivity index (χ4n) is 8.94. The third-order valence-electron chi connectivity index (χ3n) is 13.8. The summed E-state index contributed by atoms with van der Waals surface area (Å²) in [6.07, 6.45) is 56.5. The normalized spacial score (nSPS) is 25.2. The molecule has 2 aliphatic rings. The predicted molar refractivity (Wildman–Crippen MR) is 322 cm³/mol. The molecule has 2 heterocycles. The summed E-state index contributed by atoms with van der Waals surface area (Å²) in [5, 5.41) is 86.9. The minimum Gasteiger partial charge on any atom is -0.394 e. The van der Waals surface area contributed by atoms with Crippen LogP contribution in [0.1, 0.15) is 181 Å². The molecule has 0 aliphatic carbocycles. The Morgan fingerprint density at radius 3 is 1.38 bits per heavy atom. The molecule has 2 aliphatic heterocycles. The lowest BCUT2D eigenvalue weighted by atomic mass is 9.97. The van der Waals surface area contributed by atoms with Gasteiger partial charge in [-0.2, -0.15) is 0 Å². The van der Waals surface area contributed by atoms with Crippen LogP contribution in [-0.4, -0.2) is 140 Å². The molecular weight excluding hydrogens is 1010 g/mol. The third kappa shape index (κ3) is 34.5. The van der Waals surface area contributed by atoms with Gasteiger partial charge in [-0.3, -0.25) is 4.79 Å². The van der Waals surface area contributed by atoms with Crippen molar-refractivity contribution in [1.82, 2.24) is 5.32 Å². The highest BCUT2D eigenvalue weighted by molar-refractivity contribution is 5.76. The SMILES string of the molecule is CC/C=C\C/C=C\C/C=C\C/C=C\C/C=C\C/C=C\C/C=C\C/C=C\C/C=C\CCCCCCCCCC(=O)NC(COC1OC(CO)C(OC2OC(CO)C(O)C(O)C2O)C(O)C1O)C(O)/C=C/CC/C=C/CCCCCCC. The lowest BCUT2D eigenvalue weighted by molar-refractivity contribution is -0.359. The summed E-state index contributed by atoms with van der Waals surface area (Å²) < 4.78 is 22.7. The number of allylic oxidation sites excluding steroid dienone is 21. The van der Waals surface area contributed by atoms with E-state index in [1.54, 1.807) is 6.08 Å². The third-order valence-corrected chi connectivity index (χ3v) is 13.8. The molecule has 2 rings (SSSR count). The molecule has 454 valence electrons. The van der Waals surface area contributed by atoms with Gasteiger partial charge in [0, 0.05) is 6.42 Å². The van der Waals surface area contributed by atoms with Crippen molar-refractivity contribution in [3.8, 4) is 0 Å². The summed E-state index contributed by atoms with van der Waals surface area (Å²) in [6.45, 7) is 2.59. The van der Waals surface area contributed by atoms with Gasteiger partial charge in [0.1, 0.15) is 48.8 Å². The van der Waals surface area contributed by atoms with E-state index in [0.717, 1.165) is 116 Å². The second-order valence-corrected chi connectivity index (χ2v) is 20.7. The maximum atomic E-state index is 13.2. The van der Waals surface area contributed by atoms with Crippen LogP contribution in [0.5, 0.6) is 0 Å². The van der Waals surface area contributed by atoms with Gasteiger partial charge >= 0.3 is 0 Å². The predicted octanol–water partition coefficient (Wildman–Crippen LogP) is 10.8. The smallest absolute Gasteiger partial charge is 0.220 e. The first-order chi connectivity index (χ1) is 39.1. The standard InChI is InChI=1S/C66H107NO13/c1-3-5-7-9-11-13-15-16-17-18-19-20-21-22-23-24-25-26-27-28-29-30-31-32-33-34-35-36-37-38-40-42-44-46-48-50-58(71)67-54(55(70)49-47-45-43-41-39-14-12-10-8-6-4-2)53-77-65-63(76)61(74)64(57(52-69)79-65)80-66-62(75)60(73)59(72)56(51-68)78-66/h5,7,11,13,16-17,19-20,22-23,25-26,28-29,31-32,34-35,39,41,47,49,54-57,59-66,68-70,72-76H,3-4,6,8-10,12,14-15,18,21,24,27,30,33,36-38,40,42-46,48,50-53H2,1-2H3,(H,67,71)/b7-5-,13-11-,17-16-,20-19-,23-22-,26-25-,29-28-,32-31-,35-34-,41-39+,49-47+. The highest BCUT2D eigenvalue weighted by atomic mass is 16.7. The molecule has 12 unspecified atom stereocenters. The van der Waals surface area contributed by atoms with Gasteiger partial charge in [0.25, 0.3) is 0 Å². The van der Waals surface area contributed by atoms with Gasteiger partial charge in [-0.25, -0.2) is 0 Å². The maximum absolute atomic E-state index is 13.2. The number of unbranched alkanes of at least 4 members (excludes halogenated alkanes) is 13. The number of nitrogens with one attached hydrogen (secondary N) is 1. The Labute approximate surface area is 481 Å². The Kier molecular flexibility index (Phi) is 44.9. The van der Waals surface area contributed by atoms with Crippen LogP contribution in [0.25, 0.3) is 0 Å². The minimum absolute atomic E-state index is 0.251. The van der Waals surface area contributed by atoms with Crippen LogP contribution < -0.4 is 5.32 Å². The molecule has 12 atom stereocenters. The molecule has 0 aromatic heterocycles. The Balaban J connectivity index is 1.67. The first-order valence-corrected chi connectivity index (χ1v) is 30.4. The van der Waals surface area contributed by atoms with E-state index >= 15 is 0 Å². The quantitative estimate of drug-likeness (QED) is 0.0204. The fourth-order valence-corrected chi connectivity index (χ4v) is 8.94. The summed E-state index contributed by atoms with van der Waals surface area (Å²) in [5.74, 6) is -0.269. The summed E-state index contributed by atoms with van der Waals surface area (Å²) in [6, 6.07) is -0.946. The average molecular weight is 1120 g/mol. The molecule has 0 spiro atoms. The van der Waals surface area contributed by atoms with Crippen molar-refractivity contribution < 1.29 is 64.6 Å². The van der Waals surface area contributed by atoms with Crippen LogP contribution in [0.2, 0.25) is 0 Å². The Bertz CT molecular complexity index is 1850.